The standard InChI is InChI=1S/C29H28F4N4O2.ClH/c1-18-9-14-37-26(15-18)35-19(2)27(37)28(38)34-17-20-3-8-25(24(30)16-20)36-12-10-22(11-13-36)21-4-6-23(7-5-21)39-29(31,32)33;/h3-9,14-16,22H,10-13,17H2,1-2H3,(H,34,38);1H. The van der Waals surface area contributed by atoms with Crippen LogP contribution in [0, 0.1) is 19.7 Å². The van der Waals surface area contributed by atoms with Crippen molar-refractivity contribution in [3.05, 3.63) is 94.7 Å². The van der Waals surface area contributed by atoms with Crippen LogP contribution >= 0.6 is 12.4 Å². The van der Waals surface area contributed by atoms with E-state index in [2.05, 4.69) is 15.0 Å². The molecule has 212 valence electrons. The van der Waals surface area contributed by atoms with E-state index < -0.39 is 6.36 Å². The monoisotopic (exact) mass is 576 g/mol. The van der Waals surface area contributed by atoms with Crippen molar-refractivity contribution in [2.24, 2.45) is 0 Å². The van der Waals surface area contributed by atoms with E-state index in [-0.39, 0.29) is 42.3 Å². The van der Waals surface area contributed by atoms with Gasteiger partial charge in [0.1, 0.15) is 22.9 Å². The largest absolute Gasteiger partial charge is 0.573 e. The van der Waals surface area contributed by atoms with Gasteiger partial charge in [0.15, 0.2) is 0 Å². The van der Waals surface area contributed by atoms with Gasteiger partial charge in [-0.05, 0) is 85.7 Å². The molecule has 1 aliphatic heterocycles. The Hall–Kier alpha value is -3.79. The van der Waals surface area contributed by atoms with E-state index in [0.29, 0.717) is 41.4 Å². The molecule has 2 aromatic heterocycles. The van der Waals surface area contributed by atoms with Crippen LogP contribution in [0.4, 0.5) is 23.2 Å². The van der Waals surface area contributed by atoms with Crippen LogP contribution in [0.3, 0.4) is 0 Å². The van der Waals surface area contributed by atoms with E-state index >= 15 is 4.39 Å². The topological polar surface area (TPSA) is 58.9 Å². The number of imidazole rings is 1. The summed E-state index contributed by atoms with van der Waals surface area (Å²) in [6.07, 6.45) is -1.41. The molecule has 3 heterocycles. The number of amides is 1. The smallest absolute Gasteiger partial charge is 0.406 e. The van der Waals surface area contributed by atoms with Gasteiger partial charge in [-0.1, -0.05) is 18.2 Å². The van der Waals surface area contributed by atoms with Gasteiger partial charge in [-0.15, -0.1) is 25.6 Å². The molecule has 6 nitrogen and oxygen atoms in total. The third-order valence-electron chi connectivity index (χ3n) is 7.06. The molecule has 0 unspecified atom stereocenters. The zero-order chi connectivity index (χ0) is 27.7. The number of fused-ring (bicyclic) bond motifs is 1. The molecule has 0 bridgehead atoms. The third-order valence-corrected chi connectivity index (χ3v) is 7.06. The molecule has 1 aliphatic rings. The van der Waals surface area contributed by atoms with Crippen LogP contribution in [-0.2, 0) is 6.54 Å². The van der Waals surface area contributed by atoms with Crippen LogP contribution in [0.15, 0.2) is 60.8 Å². The highest BCUT2D eigenvalue weighted by atomic mass is 35.5. The first-order valence-corrected chi connectivity index (χ1v) is 12.7. The Morgan fingerprint density at radius 2 is 1.75 bits per heavy atom. The van der Waals surface area contributed by atoms with Crippen LogP contribution < -0.4 is 15.0 Å². The van der Waals surface area contributed by atoms with Gasteiger partial charge >= 0.3 is 6.36 Å². The van der Waals surface area contributed by atoms with Gasteiger partial charge in [-0.2, -0.15) is 0 Å². The van der Waals surface area contributed by atoms with Crippen molar-refractivity contribution in [3.8, 4) is 5.75 Å². The summed E-state index contributed by atoms with van der Waals surface area (Å²) in [5, 5.41) is 2.86. The highest BCUT2D eigenvalue weighted by Crippen LogP contribution is 2.33. The number of piperidine rings is 1. The van der Waals surface area contributed by atoms with Crippen molar-refractivity contribution in [1.29, 1.82) is 0 Å². The number of hydrogen-bond acceptors (Lipinski definition) is 4. The van der Waals surface area contributed by atoms with Gasteiger partial charge in [0.2, 0.25) is 0 Å². The fraction of sp³-hybridized carbons (Fsp3) is 0.310. The lowest BCUT2D eigenvalue weighted by atomic mass is 9.89. The predicted octanol–water partition coefficient (Wildman–Crippen LogP) is 6.72. The maximum absolute atomic E-state index is 15.1. The summed E-state index contributed by atoms with van der Waals surface area (Å²) >= 11 is 0. The average Bonchev–Trinajstić information content (AvgIpc) is 3.22. The third kappa shape index (κ3) is 6.50. The number of anilines is 1. The minimum atomic E-state index is -4.72. The maximum atomic E-state index is 15.1. The Morgan fingerprint density at radius 1 is 1.05 bits per heavy atom. The molecule has 1 amide bonds. The Balaban J connectivity index is 0.00000370. The number of hydrogen-bond donors (Lipinski definition) is 1. The molecule has 0 spiro atoms. The molecule has 0 saturated carbocycles. The molecule has 40 heavy (non-hydrogen) atoms. The van der Waals surface area contributed by atoms with Gasteiger partial charge in [0.25, 0.3) is 5.91 Å². The molecular formula is C29H29ClF4N4O2. The summed E-state index contributed by atoms with van der Waals surface area (Å²) in [7, 11) is 0. The maximum Gasteiger partial charge on any atom is 0.573 e. The summed E-state index contributed by atoms with van der Waals surface area (Å²) < 4.78 is 57.9. The van der Waals surface area contributed by atoms with E-state index in [4.69, 9.17) is 0 Å². The van der Waals surface area contributed by atoms with E-state index in [1.54, 1.807) is 35.6 Å². The summed E-state index contributed by atoms with van der Waals surface area (Å²) in [6.45, 7) is 5.15. The fourth-order valence-corrected chi connectivity index (χ4v) is 5.12. The van der Waals surface area contributed by atoms with E-state index in [0.717, 1.165) is 24.0 Å². The van der Waals surface area contributed by atoms with Crippen molar-refractivity contribution in [2.75, 3.05) is 18.0 Å². The number of pyridine rings is 1. The zero-order valence-electron chi connectivity index (χ0n) is 22.0. The first-order valence-electron chi connectivity index (χ1n) is 12.7. The highest BCUT2D eigenvalue weighted by Gasteiger charge is 2.31. The Bertz CT molecular complexity index is 1500. The van der Waals surface area contributed by atoms with Crippen LogP contribution in [0.25, 0.3) is 5.65 Å². The molecule has 5 rings (SSSR count). The Morgan fingerprint density at radius 3 is 2.40 bits per heavy atom. The second kappa shape index (κ2) is 11.8. The van der Waals surface area contributed by atoms with Gasteiger partial charge in [0.05, 0.1) is 11.4 Å². The van der Waals surface area contributed by atoms with Crippen LogP contribution in [0.2, 0.25) is 0 Å². The number of nitrogens with zero attached hydrogens (tertiary/aromatic N) is 3. The van der Waals surface area contributed by atoms with Gasteiger partial charge < -0.3 is 15.0 Å². The zero-order valence-corrected chi connectivity index (χ0v) is 22.8. The molecule has 11 heteroatoms. The molecule has 1 saturated heterocycles. The summed E-state index contributed by atoms with van der Waals surface area (Å²) in [4.78, 5) is 19.3. The van der Waals surface area contributed by atoms with E-state index in [1.165, 1.54) is 18.2 Å². The van der Waals surface area contributed by atoms with Crippen LogP contribution in [0.1, 0.15) is 51.6 Å². The van der Waals surface area contributed by atoms with Crippen molar-refractivity contribution in [1.82, 2.24) is 14.7 Å². The number of aromatic nitrogens is 2. The molecule has 1 N–H and O–H groups in total. The molecular weight excluding hydrogens is 548 g/mol. The normalized spacial score (nSPS) is 14.2. The van der Waals surface area contributed by atoms with Gasteiger partial charge in [-0.3, -0.25) is 9.20 Å². The first kappa shape index (κ1) is 29.2. The lowest BCUT2D eigenvalue weighted by molar-refractivity contribution is -0.274. The van der Waals surface area contributed by atoms with Crippen LogP contribution in [-0.4, -0.2) is 34.7 Å². The first-order chi connectivity index (χ1) is 18.6. The number of carbonyl (C=O) groups excluding carboxylic acids is 1. The number of carbonyl (C=O) groups is 1. The molecule has 0 radical (unpaired) electrons. The van der Waals surface area contributed by atoms with Crippen molar-refractivity contribution in [2.45, 2.75) is 45.5 Å². The number of nitrogens with one attached hydrogen (secondary N) is 1. The average molecular weight is 577 g/mol. The number of halogens is 5. The second-order valence-electron chi connectivity index (χ2n) is 9.82. The number of rotatable bonds is 6. The minimum Gasteiger partial charge on any atom is -0.406 e. The molecule has 0 aliphatic carbocycles. The van der Waals surface area contributed by atoms with Crippen molar-refractivity contribution in [3.63, 3.8) is 0 Å². The second-order valence-corrected chi connectivity index (χ2v) is 9.82. The van der Waals surface area contributed by atoms with E-state index in [9.17, 15) is 18.0 Å². The number of benzene rings is 2. The number of alkyl halides is 3. The van der Waals surface area contributed by atoms with Crippen molar-refractivity contribution < 1.29 is 27.1 Å². The molecule has 1 fully saturated rings. The highest BCUT2D eigenvalue weighted by molar-refractivity contribution is 5.94. The molecule has 2 aromatic carbocycles. The van der Waals surface area contributed by atoms with E-state index in [1.807, 2.05) is 30.2 Å². The molecule has 0 atom stereocenters. The minimum absolute atomic E-state index is 0. The van der Waals surface area contributed by atoms with Crippen LogP contribution in [0.5, 0.6) is 5.75 Å². The van der Waals surface area contributed by atoms with Gasteiger partial charge in [-0.25, -0.2) is 9.37 Å². The fourth-order valence-electron chi connectivity index (χ4n) is 5.12. The Labute approximate surface area is 235 Å². The Kier molecular flexibility index (Phi) is 8.58. The SMILES string of the molecule is Cc1ccn2c(C(=O)NCc3ccc(N4CCC(c5ccc(OC(F)(F)F)cc5)CC4)c(F)c3)c(C)nc2c1.Cl. The number of ether oxygens (including phenoxy) is 1. The number of aryl methyl sites for hydroxylation is 2. The van der Waals surface area contributed by atoms with Crippen molar-refractivity contribution >= 4 is 29.6 Å². The summed E-state index contributed by atoms with van der Waals surface area (Å²) in [6, 6.07) is 14.7. The van der Waals surface area contributed by atoms with Gasteiger partial charge in [0, 0.05) is 25.8 Å². The molecule has 4 aromatic rings. The summed E-state index contributed by atoms with van der Waals surface area (Å²) in [5.74, 6) is -0.722. The lowest BCUT2D eigenvalue weighted by Gasteiger charge is -2.34. The predicted molar refractivity (Wildman–Crippen MR) is 147 cm³/mol. The summed E-state index contributed by atoms with van der Waals surface area (Å²) in [5.41, 5.74) is 4.89. The quantitative estimate of drug-likeness (QED) is 0.259. The lowest BCUT2D eigenvalue weighted by Crippen LogP contribution is -2.33.